The van der Waals surface area contributed by atoms with Crippen LogP contribution in [0.25, 0.3) is 11.5 Å². The molecule has 2 rings (SSSR count). The van der Waals surface area contributed by atoms with Gasteiger partial charge in [0.25, 0.3) is 5.22 Å². The third kappa shape index (κ3) is 3.48. The average Bonchev–Trinajstić information content (AvgIpc) is 2.86. The largest absolute Gasteiger partial charge is 0.468 e. The number of halogens is 1. The van der Waals surface area contributed by atoms with Gasteiger partial charge in [-0.25, -0.2) is 0 Å². The number of carbonyl (C=O) groups is 1. The number of hydrogen-bond donors (Lipinski definition) is 0. The van der Waals surface area contributed by atoms with Crippen molar-refractivity contribution in [2.24, 2.45) is 0 Å². The summed E-state index contributed by atoms with van der Waals surface area (Å²) in [6, 6.07) is 7.10. The molecule has 0 fully saturated rings. The number of aromatic nitrogens is 2. The number of thioether (sulfide) groups is 1. The van der Waals surface area contributed by atoms with Gasteiger partial charge in [-0.1, -0.05) is 29.4 Å². The van der Waals surface area contributed by atoms with Gasteiger partial charge in [0.15, 0.2) is 0 Å². The topological polar surface area (TPSA) is 65.2 Å². The van der Waals surface area contributed by atoms with Crippen LogP contribution in [-0.4, -0.2) is 28.5 Å². The monoisotopic (exact) mass is 298 g/mol. The number of rotatable bonds is 4. The third-order valence-corrected chi connectivity index (χ3v) is 3.44. The van der Waals surface area contributed by atoms with Crippen LogP contribution in [0.15, 0.2) is 33.9 Å². The highest BCUT2D eigenvalue weighted by Crippen LogP contribution is 2.27. The Bertz CT molecular complexity index is 588. The Balaban J connectivity index is 2.13. The van der Waals surface area contributed by atoms with Crippen molar-refractivity contribution in [1.29, 1.82) is 0 Å². The van der Waals surface area contributed by atoms with E-state index < -0.39 is 5.25 Å². The molecule has 0 N–H and O–H groups in total. The summed E-state index contributed by atoms with van der Waals surface area (Å²) in [4.78, 5) is 11.3. The van der Waals surface area contributed by atoms with Crippen molar-refractivity contribution < 1.29 is 13.9 Å². The zero-order valence-electron chi connectivity index (χ0n) is 10.3. The van der Waals surface area contributed by atoms with Gasteiger partial charge in [-0.15, -0.1) is 10.2 Å². The van der Waals surface area contributed by atoms with Crippen LogP contribution in [0.5, 0.6) is 0 Å². The molecule has 0 aliphatic heterocycles. The first kappa shape index (κ1) is 13.9. The highest BCUT2D eigenvalue weighted by molar-refractivity contribution is 8.00. The van der Waals surface area contributed by atoms with Crippen molar-refractivity contribution in [3.8, 4) is 11.5 Å². The molecule has 5 nitrogen and oxygen atoms in total. The summed E-state index contributed by atoms with van der Waals surface area (Å²) < 4.78 is 10.1. The Labute approximate surface area is 119 Å². The molecule has 0 saturated carbocycles. The lowest BCUT2D eigenvalue weighted by Crippen LogP contribution is -2.14. The first-order valence-corrected chi connectivity index (χ1v) is 6.70. The summed E-state index contributed by atoms with van der Waals surface area (Å²) in [7, 11) is 1.34. The van der Waals surface area contributed by atoms with Crippen LogP contribution >= 0.6 is 23.4 Å². The molecular formula is C12H11ClN2O3S. The molecule has 7 heteroatoms. The minimum Gasteiger partial charge on any atom is -0.468 e. The summed E-state index contributed by atoms with van der Waals surface area (Å²) in [5.41, 5.74) is 0.734. The Morgan fingerprint density at radius 1 is 1.47 bits per heavy atom. The van der Waals surface area contributed by atoms with Crippen LogP contribution < -0.4 is 0 Å². The second-order valence-corrected chi connectivity index (χ2v) is 5.40. The fraction of sp³-hybridized carbons (Fsp3) is 0.250. The summed E-state index contributed by atoms with van der Waals surface area (Å²) >= 11 is 7.04. The lowest BCUT2D eigenvalue weighted by molar-refractivity contribution is -0.139. The molecule has 1 heterocycles. The van der Waals surface area contributed by atoms with Gasteiger partial charge >= 0.3 is 5.97 Å². The molecule has 1 aromatic carbocycles. The minimum atomic E-state index is -0.405. The molecule has 1 atom stereocenters. The highest BCUT2D eigenvalue weighted by atomic mass is 35.5. The van der Waals surface area contributed by atoms with Gasteiger partial charge in [0.1, 0.15) is 5.25 Å². The predicted molar refractivity (Wildman–Crippen MR) is 72.1 cm³/mol. The van der Waals surface area contributed by atoms with Gasteiger partial charge in [-0.2, -0.15) is 0 Å². The lowest BCUT2D eigenvalue weighted by atomic mass is 10.2. The van der Waals surface area contributed by atoms with E-state index in [0.29, 0.717) is 16.1 Å². The van der Waals surface area contributed by atoms with Gasteiger partial charge in [-0.05, 0) is 25.1 Å². The fourth-order valence-corrected chi connectivity index (χ4v) is 2.26. The molecule has 100 valence electrons. The second kappa shape index (κ2) is 6.08. The maximum absolute atomic E-state index is 11.3. The van der Waals surface area contributed by atoms with Gasteiger partial charge in [0.05, 0.1) is 7.11 Å². The van der Waals surface area contributed by atoms with Gasteiger partial charge < -0.3 is 9.15 Å². The predicted octanol–water partition coefficient (Wildman–Crippen LogP) is 3.04. The van der Waals surface area contributed by atoms with E-state index in [9.17, 15) is 4.79 Å². The second-order valence-electron chi connectivity index (χ2n) is 3.67. The summed E-state index contributed by atoms with van der Waals surface area (Å²) in [5, 5.41) is 8.29. The van der Waals surface area contributed by atoms with Gasteiger partial charge in [0.2, 0.25) is 5.89 Å². The average molecular weight is 299 g/mol. The van der Waals surface area contributed by atoms with E-state index in [1.807, 2.05) is 6.07 Å². The molecule has 0 aliphatic carbocycles. The van der Waals surface area contributed by atoms with Crippen molar-refractivity contribution in [3.63, 3.8) is 0 Å². The van der Waals surface area contributed by atoms with E-state index in [1.165, 1.54) is 7.11 Å². The third-order valence-electron chi connectivity index (χ3n) is 2.29. The van der Waals surface area contributed by atoms with E-state index in [4.69, 9.17) is 16.0 Å². The van der Waals surface area contributed by atoms with Crippen LogP contribution in [-0.2, 0) is 9.53 Å². The number of hydrogen-bond acceptors (Lipinski definition) is 6. The van der Waals surface area contributed by atoms with Crippen LogP contribution in [0.2, 0.25) is 5.02 Å². The van der Waals surface area contributed by atoms with Crippen LogP contribution in [0, 0.1) is 0 Å². The van der Waals surface area contributed by atoms with E-state index in [2.05, 4.69) is 14.9 Å². The normalized spacial score (nSPS) is 12.2. The molecule has 0 amide bonds. The lowest BCUT2D eigenvalue weighted by Gasteiger charge is -2.04. The zero-order chi connectivity index (χ0) is 13.8. The van der Waals surface area contributed by atoms with Crippen molar-refractivity contribution in [2.45, 2.75) is 17.4 Å². The molecule has 0 radical (unpaired) electrons. The van der Waals surface area contributed by atoms with Crippen molar-refractivity contribution >= 4 is 29.3 Å². The van der Waals surface area contributed by atoms with Gasteiger partial charge in [-0.3, -0.25) is 4.79 Å². The number of esters is 1. The fourth-order valence-electron chi connectivity index (χ4n) is 1.36. The van der Waals surface area contributed by atoms with Crippen LogP contribution in [0.3, 0.4) is 0 Å². The molecule has 1 unspecified atom stereocenters. The minimum absolute atomic E-state index is 0.313. The number of ether oxygens (including phenoxy) is 1. The summed E-state index contributed by atoms with van der Waals surface area (Å²) in [6.45, 7) is 1.71. The van der Waals surface area contributed by atoms with E-state index in [0.717, 1.165) is 17.3 Å². The van der Waals surface area contributed by atoms with Crippen molar-refractivity contribution in [3.05, 3.63) is 29.3 Å². The molecule has 0 bridgehead atoms. The maximum Gasteiger partial charge on any atom is 0.319 e. The van der Waals surface area contributed by atoms with E-state index in [1.54, 1.807) is 25.1 Å². The smallest absolute Gasteiger partial charge is 0.319 e. The SMILES string of the molecule is COC(=O)C(C)Sc1nnc(-c2cccc(Cl)c2)o1. The van der Waals surface area contributed by atoms with Gasteiger partial charge in [0, 0.05) is 10.6 Å². The Morgan fingerprint density at radius 3 is 2.95 bits per heavy atom. The molecule has 0 spiro atoms. The molecule has 0 aliphatic rings. The highest BCUT2D eigenvalue weighted by Gasteiger charge is 2.19. The molecular weight excluding hydrogens is 288 g/mol. The number of methoxy groups -OCH3 is 1. The Morgan fingerprint density at radius 2 is 2.26 bits per heavy atom. The first-order valence-electron chi connectivity index (χ1n) is 5.44. The summed E-state index contributed by atoms with van der Waals surface area (Å²) in [5.74, 6) is 0.0228. The van der Waals surface area contributed by atoms with E-state index in [-0.39, 0.29) is 5.97 Å². The molecule has 2 aromatic rings. The van der Waals surface area contributed by atoms with Crippen LogP contribution in [0.4, 0.5) is 0 Å². The standard InChI is InChI=1S/C12H11ClN2O3S/c1-7(11(16)17-2)19-12-15-14-10(18-12)8-4-3-5-9(13)6-8/h3-7H,1-2H3. The number of nitrogens with zero attached hydrogens (tertiary/aromatic N) is 2. The van der Waals surface area contributed by atoms with Crippen LogP contribution in [0.1, 0.15) is 6.92 Å². The molecule has 19 heavy (non-hydrogen) atoms. The quantitative estimate of drug-likeness (QED) is 0.638. The zero-order valence-corrected chi connectivity index (χ0v) is 11.9. The number of benzene rings is 1. The van der Waals surface area contributed by atoms with Crippen molar-refractivity contribution in [1.82, 2.24) is 10.2 Å². The Hall–Kier alpha value is -1.53. The van der Waals surface area contributed by atoms with Crippen molar-refractivity contribution in [2.75, 3.05) is 7.11 Å². The molecule has 1 aromatic heterocycles. The van der Waals surface area contributed by atoms with E-state index >= 15 is 0 Å². The maximum atomic E-state index is 11.3. The first-order chi connectivity index (χ1) is 9.10. The summed E-state index contributed by atoms with van der Waals surface area (Å²) in [6.07, 6.45) is 0. The molecule has 0 saturated heterocycles. The number of carbonyl (C=O) groups excluding carboxylic acids is 1. The Kier molecular flexibility index (Phi) is 4.44.